The molecule has 6 heteroatoms. The van der Waals surface area contributed by atoms with E-state index in [1.807, 2.05) is 30.3 Å². The minimum Gasteiger partial charge on any atom is -0.445 e. The number of carbonyl (C=O) groups is 3. The van der Waals surface area contributed by atoms with Crippen molar-refractivity contribution in [2.24, 2.45) is 5.92 Å². The van der Waals surface area contributed by atoms with Gasteiger partial charge in [0.25, 0.3) is 0 Å². The van der Waals surface area contributed by atoms with Crippen LogP contribution >= 0.6 is 0 Å². The molecular weight excluding hydrogens is 368 g/mol. The molecule has 0 bridgehead atoms. The van der Waals surface area contributed by atoms with Gasteiger partial charge in [-0.15, -0.1) is 0 Å². The van der Waals surface area contributed by atoms with Gasteiger partial charge in [-0.2, -0.15) is 0 Å². The molecule has 0 radical (unpaired) electrons. The molecule has 0 aliphatic heterocycles. The fourth-order valence-corrected chi connectivity index (χ4v) is 4.12. The number of nitrogens with zero attached hydrogens (tertiary/aromatic N) is 1. The van der Waals surface area contributed by atoms with E-state index in [9.17, 15) is 14.4 Å². The second-order valence-corrected chi connectivity index (χ2v) is 8.37. The molecule has 0 spiro atoms. The van der Waals surface area contributed by atoms with Crippen molar-refractivity contribution in [2.75, 3.05) is 0 Å². The van der Waals surface area contributed by atoms with Crippen LogP contribution in [0.2, 0.25) is 0 Å². The molecule has 2 atom stereocenters. The monoisotopic (exact) mass is 400 g/mol. The number of amides is 2. The lowest BCUT2D eigenvalue weighted by molar-refractivity contribution is -0.129. The first-order valence-corrected chi connectivity index (χ1v) is 10.8. The average Bonchev–Trinajstić information content (AvgIpc) is 3.58. The van der Waals surface area contributed by atoms with E-state index in [0.29, 0.717) is 18.6 Å². The summed E-state index contributed by atoms with van der Waals surface area (Å²) in [5.74, 6) is 0.174. The Labute approximate surface area is 173 Å². The van der Waals surface area contributed by atoms with Crippen LogP contribution in [-0.4, -0.2) is 41.3 Å². The summed E-state index contributed by atoms with van der Waals surface area (Å²) in [4.78, 5) is 38.7. The summed E-state index contributed by atoms with van der Waals surface area (Å²) in [5, 5.41) is 2.75. The van der Waals surface area contributed by atoms with Crippen molar-refractivity contribution < 1.29 is 19.1 Å². The van der Waals surface area contributed by atoms with Crippen LogP contribution in [-0.2, 0) is 20.9 Å². The van der Waals surface area contributed by atoms with Gasteiger partial charge in [0, 0.05) is 6.04 Å². The van der Waals surface area contributed by atoms with Gasteiger partial charge in [-0.25, -0.2) is 4.79 Å². The van der Waals surface area contributed by atoms with Crippen molar-refractivity contribution in [3.63, 3.8) is 0 Å². The van der Waals surface area contributed by atoms with Crippen LogP contribution in [0.25, 0.3) is 0 Å². The minimum absolute atomic E-state index is 0.0455. The Kier molecular flexibility index (Phi) is 7.67. The van der Waals surface area contributed by atoms with Crippen molar-refractivity contribution in [2.45, 2.75) is 83.0 Å². The maximum atomic E-state index is 13.0. The average molecular weight is 401 g/mol. The van der Waals surface area contributed by atoms with E-state index in [-0.39, 0.29) is 18.6 Å². The van der Waals surface area contributed by atoms with Crippen molar-refractivity contribution in [3.8, 4) is 0 Å². The number of hydrogen-bond acceptors (Lipinski definition) is 4. The molecule has 2 fully saturated rings. The maximum absolute atomic E-state index is 13.0. The molecular formula is C23H32N2O4. The lowest BCUT2D eigenvalue weighted by Gasteiger charge is -2.34. The number of ether oxygens (including phenoxy) is 1. The van der Waals surface area contributed by atoms with Crippen molar-refractivity contribution in [1.82, 2.24) is 10.2 Å². The number of benzene rings is 1. The van der Waals surface area contributed by atoms with Crippen LogP contribution < -0.4 is 5.32 Å². The lowest BCUT2D eigenvalue weighted by atomic mass is 9.84. The van der Waals surface area contributed by atoms with Gasteiger partial charge in [-0.05, 0) is 37.7 Å². The molecule has 1 aromatic rings. The first kappa shape index (κ1) is 21.3. The smallest absolute Gasteiger partial charge is 0.411 e. The first-order valence-electron chi connectivity index (χ1n) is 10.8. The molecule has 0 unspecified atom stereocenters. The van der Waals surface area contributed by atoms with E-state index < -0.39 is 18.2 Å². The predicted octanol–water partition coefficient (Wildman–Crippen LogP) is 3.83. The van der Waals surface area contributed by atoms with E-state index in [1.54, 1.807) is 11.8 Å². The van der Waals surface area contributed by atoms with Gasteiger partial charge in [-0.1, -0.05) is 62.4 Å². The van der Waals surface area contributed by atoms with Crippen LogP contribution in [0.5, 0.6) is 0 Å². The topological polar surface area (TPSA) is 75.7 Å². The third-order valence-corrected chi connectivity index (χ3v) is 5.85. The largest absolute Gasteiger partial charge is 0.445 e. The highest BCUT2D eigenvalue weighted by Gasteiger charge is 2.42. The fraction of sp³-hybridized carbons (Fsp3) is 0.609. The molecule has 158 valence electrons. The van der Waals surface area contributed by atoms with E-state index in [2.05, 4.69) is 5.32 Å². The lowest BCUT2D eigenvalue weighted by Crippen LogP contribution is -2.53. The zero-order valence-corrected chi connectivity index (χ0v) is 17.2. The van der Waals surface area contributed by atoms with E-state index >= 15 is 0 Å². The summed E-state index contributed by atoms with van der Waals surface area (Å²) in [6.45, 7) is 1.84. The number of aldehydes is 1. The molecule has 0 heterocycles. The highest BCUT2D eigenvalue weighted by molar-refractivity contribution is 5.87. The number of rotatable bonds is 9. The van der Waals surface area contributed by atoms with Gasteiger partial charge < -0.3 is 14.8 Å². The third kappa shape index (κ3) is 6.31. The van der Waals surface area contributed by atoms with Crippen molar-refractivity contribution >= 4 is 18.3 Å². The second kappa shape index (κ2) is 10.4. The number of hydrogen-bond donors (Lipinski definition) is 1. The minimum atomic E-state index is -0.587. The Balaban J connectivity index is 1.72. The highest BCUT2D eigenvalue weighted by Crippen LogP contribution is 2.34. The Morgan fingerprint density at radius 3 is 2.45 bits per heavy atom. The van der Waals surface area contributed by atoms with Crippen LogP contribution in [0.1, 0.15) is 63.9 Å². The molecule has 1 aromatic carbocycles. The van der Waals surface area contributed by atoms with E-state index in [0.717, 1.165) is 31.2 Å². The zero-order valence-electron chi connectivity index (χ0n) is 17.2. The molecule has 3 rings (SSSR count). The van der Waals surface area contributed by atoms with Gasteiger partial charge in [-0.3, -0.25) is 9.69 Å². The Bertz CT molecular complexity index is 683. The molecule has 1 N–H and O–H groups in total. The summed E-state index contributed by atoms with van der Waals surface area (Å²) in [6, 6.07) is 8.43. The molecule has 6 nitrogen and oxygen atoms in total. The van der Waals surface area contributed by atoms with E-state index in [4.69, 9.17) is 4.74 Å². The van der Waals surface area contributed by atoms with Gasteiger partial charge in [0.2, 0.25) is 5.91 Å². The summed E-state index contributed by atoms with van der Waals surface area (Å²) in [7, 11) is 0. The molecule has 2 aliphatic carbocycles. The Hall–Kier alpha value is -2.37. The summed E-state index contributed by atoms with van der Waals surface area (Å²) in [5.41, 5.74) is 0.916. The number of carbonyl (C=O) groups excluding carboxylic acids is 3. The number of nitrogens with one attached hydrogen (secondary N) is 1. The summed E-state index contributed by atoms with van der Waals surface area (Å²) in [6.07, 6.45) is 8.44. The van der Waals surface area contributed by atoms with Gasteiger partial charge in [0.15, 0.2) is 0 Å². The SMILES string of the molecule is C[C@@H](C=O)NC(=O)[C@H](CC1CCCCC1)N(C(=O)OCc1ccccc1)C1CC1. The molecule has 2 amide bonds. The Morgan fingerprint density at radius 1 is 1.14 bits per heavy atom. The Morgan fingerprint density at radius 2 is 1.83 bits per heavy atom. The predicted molar refractivity (Wildman–Crippen MR) is 110 cm³/mol. The first-order chi connectivity index (χ1) is 14.1. The molecule has 0 aromatic heterocycles. The zero-order chi connectivity index (χ0) is 20.6. The second-order valence-electron chi connectivity index (χ2n) is 8.37. The third-order valence-electron chi connectivity index (χ3n) is 5.85. The van der Waals surface area contributed by atoms with Crippen molar-refractivity contribution in [1.29, 1.82) is 0 Å². The molecule has 29 heavy (non-hydrogen) atoms. The molecule has 0 saturated heterocycles. The van der Waals surface area contributed by atoms with Gasteiger partial charge >= 0.3 is 6.09 Å². The van der Waals surface area contributed by atoms with Crippen LogP contribution in [0.15, 0.2) is 30.3 Å². The quantitative estimate of drug-likeness (QED) is 0.639. The highest BCUT2D eigenvalue weighted by atomic mass is 16.6. The van der Waals surface area contributed by atoms with Gasteiger partial charge in [0.05, 0.1) is 6.04 Å². The summed E-state index contributed by atoms with van der Waals surface area (Å²) < 4.78 is 5.58. The maximum Gasteiger partial charge on any atom is 0.411 e. The summed E-state index contributed by atoms with van der Waals surface area (Å²) >= 11 is 0. The molecule has 2 aliphatic rings. The van der Waals surface area contributed by atoms with Gasteiger partial charge in [0.1, 0.15) is 18.9 Å². The normalized spacial score (nSPS) is 19.1. The fourth-order valence-electron chi connectivity index (χ4n) is 4.12. The van der Waals surface area contributed by atoms with E-state index in [1.165, 1.54) is 19.3 Å². The van der Waals surface area contributed by atoms with Crippen LogP contribution in [0, 0.1) is 5.92 Å². The molecule has 2 saturated carbocycles. The van der Waals surface area contributed by atoms with Crippen LogP contribution in [0.3, 0.4) is 0 Å². The van der Waals surface area contributed by atoms with Crippen LogP contribution in [0.4, 0.5) is 4.79 Å². The standard InChI is InChI=1S/C23H32N2O4/c1-17(15-26)24-22(27)21(14-18-8-4-2-5-9-18)25(20-12-13-20)23(28)29-16-19-10-6-3-7-11-19/h3,6-7,10-11,15,17-18,20-21H,2,4-5,8-9,12-14,16H2,1H3,(H,24,27)/t17-,21-/m0/s1. The van der Waals surface area contributed by atoms with Crippen molar-refractivity contribution in [3.05, 3.63) is 35.9 Å².